The summed E-state index contributed by atoms with van der Waals surface area (Å²) >= 11 is 4.80. The van der Waals surface area contributed by atoms with Gasteiger partial charge in [0.25, 0.3) is 5.91 Å². The molecule has 0 aliphatic heterocycles. The molecule has 124 valence electrons. The molecule has 0 bridgehead atoms. The number of hydrogen-bond donors (Lipinski definition) is 3. The van der Waals surface area contributed by atoms with E-state index in [1.165, 1.54) is 11.3 Å². The average molecular weight is 406 g/mol. The van der Waals surface area contributed by atoms with E-state index in [4.69, 9.17) is 5.11 Å². The van der Waals surface area contributed by atoms with Crippen LogP contribution in [0.1, 0.15) is 16.6 Å². The SMILES string of the molecule is CC(CO)NC(=O)c1cc2c(Nc3ccc(Br)cc3)cncc2s1. The first-order valence-electron chi connectivity index (χ1n) is 7.38. The van der Waals surface area contributed by atoms with Gasteiger partial charge in [-0.25, -0.2) is 0 Å². The maximum Gasteiger partial charge on any atom is 0.261 e. The Bertz CT molecular complexity index is 864. The van der Waals surface area contributed by atoms with Gasteiger partial charge in [0.2, 0.25) is 0 Å². The minimum Gasteiger partial charge on any atom is -0.394 e. The number of pyridine rings is 1. The van der Waals surface area contributed by atoms with Crippen molar-refractivity contribution in [3.05, 3.63) is 52.1 Å². The molecular formula is C17H16BrN3O2S. The van der Waals surface area contributed by atoms with Crippen molar-refractivity contribution in [1.29, 1.82) is 0 Å². The van der Waals surface area contributed by atoms with Gasteiger partial charge in [-0.2, -0.15) is 0 Å². The molecule has 0 saturated carbocycles. The second-order valence-electron chi connectivity index (χ2n) is 5.40. The molecule has 0 saturated heterocycles. The highest BCUT2D eigenvalue weighted by Crippen LogP contribution is 2.32. The van der Waals surface area contributed by atoms with E-state index in [1.807, 2.05) is 30.3 Å². The Morgan fingerprint density at radius 2 is 2.08 bits per heavy atom. The van der Waals surface area contributed by atoms with Crippen LogP contribution in [0.15, 0.2) is 47.2 Å². The van der Waals surface area contributed by atoms with Crippen LogP contribution in [-0.4, -0.2) is 28.6 Å². The lowest BCUT2D eigenvalue weighted by molar-refractivity contribution is 0.0926. The van der Waals surface area contributed by atoms with Crippen molar-refractivity contribution >= 4 is 54.6 Å². The molecule has 0 aliphatic carbocycles. The smallest absolute Gasteiger partial charge is 0.261 e. The van der Waals surface area contributed by atoms with Gasteiger partial charge in [0.1, 0.15) is 0 Å². The van der Waals surface area contributed by atoms with Crippen LogP contribution >= 0.6 is 27.3 Å². The number of carbonyl (C=O) groups is 1. The van der Waals surface area contributed by atoms with Crippen molar-refractivity contribution in [1.82, 2.24) is 10.3 Å². The molecule has 0 aliphatic rings. The Balaban J connectivity index is 1.89. The fourth-order valence-electron chi connectivity index (χ4n) is 2.20. The fourth-order valence-corrected chi connectivity index (χ4v) is 3.42. The highest BCUT2D eigenvalue weighted by molar-refractivity contribution is 9.10. The highest BCUT2D eigenvalue weighted by Gasteiger charge is 2.14. The molecule has 1 unspecified atom stereocenters. The Morgan fingerprint density at radius 1 is 1.33 bits per heavy atom. The number of aromatic nitrogens is 1. The molecule has 1 amide bonds. The Morgan fingerprint density at radius 3 is 2.79 bits per heavy atom. The molecule has 5 nitrogen and oxygen atoms in total. The summed E-state index contributed by atoms with van der Waals surface area (Å²) in [5.74, 6) is -0.188. The molecule has 1 atom stereocenters. The summed E-state index contributed by atoms with van der Waals surface area (Å²) in [4.78, 5) is 17.1. The summed E-state index contributed by atoms with van der Waals surface area (Å²) in [6, 6.07) is 9.42. The molecule has 0 radical (unpaired) electrons. The van der Waals surface area contributed by atoms with Crippen LogP contribution in [0.3, 0.4) is 0 Å². The summed E-state index contributed by atoms with van der Waals surface area (Å²) in [5, 5.41) is 16.1. The first kappa shape index (κ1) is 16.9. The zero-order valence-corrected chi connectivity index (χ0v) is 15.3. The van der Waals surface area contributed by atoms with E-state index < -0.39 is 0 Å². The van der Waals surface area contributed by atoms with Gasteiger partial charge < -0.3 is 15.7 Å². The summed E-state index contributed by atoms with van der Waals surface area (Å²) in [6.45, 7) is 1.67. The van der Waals surface area contributed by atoms with Crippen LogP contribution in [0.25, 0.3) is 10.1 Å². The zero-order chi connectivity index (χ0) is 17.1. The molecule has 24 heavy (non-hydrogen) atoms. The van der Waals surface area contributed by atoms with E-state index in [1.54, 1.807) is 19.3 Å². The van der Waals surface area contributed by atoms with E-state index in [-0.39, 0.29) is 18.6 Å². The third-order valence-corrected chi connectivity index (χ3v) is 5.04. The largest absolute Gasteiger partial charge is 0.394 e. The van der Waals surface area contributed by atoms with Crippen LogP contribution in [0.5, 0.6) is 0 Å². The normalized spacial score (nSPS) is 12.1. The summed E-state index contributed by atoms with van der Waals surface area (Å²) in [6.07, 6.45) is 3.49. The molecule has 7 heteroatoms. The van der Waals surface area contributed by atoms with Crippen molar-refractivity contribution in [2.45, 2.75) is 13.0 Å². The van der Waals surface area contributed by atoms with Gasteiger partial charge >= 0.3 is 0 Å². The maximum atomic E-state index is 12.2. The van der Waals surface area contributed by atoms with Gasteiger partial charge in [0.05, 0.1) is 28.1 Å². The second-order valence-corrected chi connectivity index (χ2v) is 7.40. The number of thiophene rings is 1. The first-order chi connectivity index (χ1) is 11.6. The number of aliphatic hydroxyl groups excluding tert-OH is 1. The van der Waals surface area contributed by atoms with Crippen molar-refractivity contribution < 1.29 is 9.90 Å². The maximum absolute atomic E-state index is 12.2. The summed E-state index contributed by atoms with van der Waals surface area (Å²) in [7, 11) is 0. The highest BCUT2D eigenvalue weighted by atomic mass is 79.9. The number of nitrogens with zero attached hydrogens (tertiary/aromatic N) is 1. The molecule has 2 aromatic heterocycles. The van der Waals surface area contributed by atoms with Gasteiger partial charge in [-0.1, -0.05) is 15.9 Å². The number of amides is 1. The van der Waals surface area contributed by atoms with Crippen LogP contribution in [0.4, 0.5) is 11.4 Å². The van der Waals surface area contributed by atoms with E-state index >= 15 is 0 Å². The number of hydrogen-bond acceptors (Lipinski definition) is 5. The molecule has 0 fully saturated rings. The van der Waals surface area contributed by atoms with Gasteiger partial charge in [-0.05, 0) is 37.3 Å². The summed E-state index contributed by atoms with van der Waals surface area (Å²) < 4.78 is 1.94. The third kappa shape index (κ3) is 3.75. The van der Waals surface area contributed by atoms with E-state index in [0.29, 0.717) is 4.88 Å². The fraction of sp³-hybridized carbons (Fsp3) is 0.176. The number of benzene rings is 1. The molecule has 1 aromatic carbocycles. The molecule has 3 rings (SSSR count). The van der Waals surface area contributed by atoms with Crippen molar-refractivity contribution in [3.8, 4) is 0 Å². The lowest BCUT2D eigenvalue weighted by Gasteiger charge is -2.08. The van der Waals surface area contributed by atoms with E-state index in [9.17, 15) is 4.79 Å². The molecular weight excluding hydrogens is 390 g/mol. The molecule has 3 N–H and O–H groups in total. The number of fused-ring (bicyclic) bond motifs is 1. The lowest BCUT2D eigenvalue weighted by atomic mass is 10.2. The van der Waals surface area contributed by atoms with Crippen molar-refractivity contribution in [3.63, 3.8) is 0 Å². The summed E-state index contributed by atoms with van der Waals surface area (Å²) in [5.41, 5.74) is 1.79. The Kier molecular flexibility index (Phi) is 5.13. The second kappa shape index (κ2) is 7.29. The first-order valence-corrected chi connectivity index (χ1v) is 8.99. The number of nitrogens with one attached hydrogen (secondary N) is 2. The number of halogens is 1. The van der Waals surface area contributed by atoms with Crippen molar-refractivity contribution in [2.24, 2.45) is 0 Å². The topological polar surface area (TPSA) is 74.2 Å². The third-order valence-electron chi connectivity index (χ3n) is 3.44. The minimum absolute atomic E-state index is 0.0887. The Labute approximate surface area is 151 Å². The number of anilines is 2. The van der Waals surface area contributed by atoms with Gasteiger partial charge in [-0.3, -0.25) is 9.78 Å². The van der Waals surface area contributed by atoms with Crippen molar-refractivity contribution in [2.75, 3.05) is 11.9 Å². The number of aliphatic hydroxyl groups is 1. The Hall–Kier alpha value is -1.96. The zero-order valence-electron chi connectivity index (χ0n) is 12.9. The van der Waals surface area contributed by atoms with Crippen LogP contribution in [-0.2, 0) is 0 Å². The van der Waals surface area contributed by atoms with E-state index in [2.05, 4.69) is 31.5 Å². The quantitative estimate of drug-likeness (QED) is 0.601. The average Bonchev–Trinajstić information content (AvgIpc) is 3.02. The van der Waals surface area contributed by atoms with Crippen LogP contribution < -0.4 is 10.6 Å². The van der Waals surface area contributed by atoms with Gasteiger partial charge in [-0.15, -0.1) is 11.3 Å². The van der Waals surface area contributed by atoms with E-state index in [0.717, 1.165) is 25.9 Å². The standard InChI is InChI=1S/C17H16BrN3O2S/c1-10(9-22)20-17(23)15-6-13-14(7-19-8-16(13)24-15)21-12-4-2-11(18)3-5-12/h2-8,10,21-22H,9H2,1H3,(H,20,23). The molecule has 3 aromatic rings. The number of rotatable bonds is 5. The minimum atomic E-state index is -0.277. The van der Waals surface area contributed by atoms with Crippen LogP contribution in [0.2, 0.25) is 0 Å². The predicted octanol–water partition coefficient (Wildman–Crippen LogP) is 3.91. The number of carbonyl (C=O) groups excluding carboxylic acids is 1. The predicted molar refractivity (Wildman–Crippen MR) is 101 cm³/mol. The monoisotopic (exact) mass is 405 g/mol. The molecule has 0 spiro atoms. The van der Waals surface area contributed by atoms with Gasteiger partial charge in [0, 0.05) is 27.8 Å². The molecule has 2 heterocycles. The van der Waals surface area contributed by atoms with Gasteiger partial charge in [0.15, 0.2) is 0 Å². The van der Waals surface area contributed by atoms with Crippen LogP contribution in [0, 0.1) is 0 Å². The lowest BCUT2D eigenvalue weighted by Crippen LogP contribution is -2.34.